The van der Waals surface area contributed by atoms with Crippen LogP contribution in [-0.4, -0.2) is 40.8 Å². The molecule has 140 valence electrons. The van der Waals surface area contributed by atoms with Crippen molar-refractivity contribution in [2.75, 3.05) is 40.2 Å². The number of rotatable bonds is 8. The fraction of sp³-hybridized carbons (Fsp3) is 0.350. The van der Waals surface area contributed by atoms with Crippen LogP contribution in [0.2, 0.25) is 0 Å². The molecule has 0 aliphatic heterocycles. The molecular formula is C20H27N2O4+. The monoisotopic (exact) mass is 359 g/mol. The zero-order valence-corrected chi connectivity index (χ0v) is 16.0. The second-order valence-corrected chi connectivity index (χ2v) is 6.24. The maximum atomic E-state index is 12.4. The first-order valence-electron chi connectivity index (χ1n) is 8.43. The van der Waals surface area contributed by atoms with Gasteiger partial charge >= 0.3 is 0 Å². The zero-order valence-electron chi connectivity index (χ0n) is 16.0. The number of nitrogens with one attached hydrogen (secondary N) is 2. The van der Waals surface area contributed by atoms with Gasteiger partial charge in [0.15, 0.2) is 6.54 Å². The fourth-order valence-corrected chi connectivity index (χ4v) is 2.81. The van der Waals surface area contributed by atoms with Gasteiger partial charge in [0.2, 0.25) is 0 Å². The number of hydrogen-bond acceptors (Lipinski definition) is 4. The number of methoxy groups -OCH3 is 3. The fourth-order valence-electron chi connectivity index (χ4n) is 2.81. The van der Waals surface area contributed by atoms with Gasteiger partial charge in [0.25, 0.3) is 5.91 Å². The highest BCUT2D eigenvalue weighted by Gasteiger charge is 2.15. The molecule has 1 unspecified atom stereocenters. The maximum Gasteiger partial charge on any atom is 0.279 e. The standard InChI is InChI=1S/C20H26N2O4/c1-14-6-8-18(25-4)15(10-14)12-22(2)13-20(23)21-17-11-16(24-3)7-9-19(17)26-5/h6-11H,12-13H2,1-5H3,(H,21,23)/p+1. The molecule has 0 aliphatic carbocycles. The minimum atomic E-state index is -0.0966. The molecule has 1 amide bonds. The average Bonchev–Trinajstić information content (AvgIpc) is 2.61. The van der Waals surface area contributed by atoms with Gasteiger partial charge in [-0.25, -0.2) is 0 Å². The van der Waals surface area contributed by atoms with Crippen molar-refractivity contribution in [3.05, 3.63) is 47.5 Å². The molecule has 0 heterocycles. The summed E-state index contributed by atoms with van der Waals surface area (Å²) in [6.45, 7) is 3.05. The van der Waals surface area contributed by atoms with Crippen molar-refractivity contribution in [2.24, 2.45) is 0 Å². The van der Waals surface area contributed by atoms with E-state index in [0.29, 0.717) is 30.3 Å². The number of aryl methyl sites for hydroxylation is 1. The number of quaternary nitrogens is 1. The lowest BCUT2D eigenvalue weighted by molar-refractivity contribution is -0.885. The molecule has 0 aromatic heterocycles. The van der Waals surface area contributed by atoms with Crippen LogP contribution < -0.4 is 24.4 Å². The molecule has 0 bridgehead atoms. The Balaban J connectivity index is 2.03. The summed E-state index contributed by atoms with van der Waals surface area (Å²) in [5, 5.41) is 2.90. The van der Waals surface area contributed by atoms with Crippen LogP contribution in [0, 0.1) is 6.92 Å². The van der Waals surface area contributed by atoms with Crippen molar-refractivity contribution in [3.8, 4) is 17.2 Å². The van der Waals surface area contributed by atoms with Crippen molar-refractivity contribution in [1.29, 1.82) is 0 Å². The van der Waals surface area contributed by atoms with Crippen molar-refractivity contribution in [1.82, 2.24) is 0 Å². The molecule has 6 nitrogen and oxygen atoms in total. The van der Waals surface area contributed by atoms with Crippen LogP contribution in [0.25, 0.3) is 0 Å². The van der Waals surface area contributed by atoms with Gasteiger partial charge in [-0.1, -0.05) is 11.6 Å². The summed E-state index contributed by atoms with van der Waals surface area (Å²) < 4.78 is 15.9. The van der Waals surface area contributed by atoms with Crippen LogP contribution in [0.1, 0.15) is 11.1 Å². The topological polar surface area (TPSA) is 61.2 Å². The van der Waals surface area contributed by atoms with Crippen molar-refractivity contribution in [3.63, 3.8) is 0 Å². The molecule has 0 fully saturated rings. The van der Waals surface area contributed by atoms with E-state index in [4.69, 9.17) is 14.2 Å². The molecule has 26 heavy (non-hydrogen) atoms. The normalized spacial score (nSPS) is 11.6. The predicted molar refractivity (Wildman–Crippen MR) is 101 cm³/mol. The summed E-state index contributed by atoms with van der Waals surface area (Å²) in [5.74, 6) is 1.99. The van der Waals surface area contributed by atoms with Crippen molar-refractivity contribution >= 4 is 11.6 Å². The van der Waals surface area contributed by atoms with Crippen LogP contribution in [0.5, 0.6) is 17.2 Å². The summed E-state index contributed by atoms with van der Waals surface area (Å²) in [6, 6.07) is 11.4. The zero-order chi connectivity index (χ0) is 19.1. The van der Waals surface area contributed by atoms with E-state index in [0.717, 1.165) is 16.2 Å². The highest BCUT2D eigenvalue weighted by Crippen LogP contribution is 2.28. The summed E-state index contributed by atoms with van der Waals surface area (Å²) in [4.78, 5) is 13.5. The Kier molecular flexibility index (Phi) is 6.86. The van der Waals surface area contributed by atoms with E-state index in [2.05, 4.69) is 11.4 Å². The quantitative estimate of drug-likeness (QED) is 0.753. The summed E-state index contributed by atoms with van der Waals surface area (Å²) >= 11 is 0. The number of ether oxygens (including phenoxy) is 3. The summed E-state index contributed by atoms with van der Waals surface area (Å²) in [5.41, 5.74) is 2.84. The van der Waals surface area contributed by atoms with Gasteiger partial charge in [-0.15, -0.1) is 0 Å². The smallest absolute Gasteiger partial charge is 0.279 e. The van der Waals surface area contributed by atoms with Gasteiger partial charge in [0.1, 0.15) is 23.8 Å². The number of carbonyl (C=O) groups excluding carboxylic acids is 1. The minimum absolute atomic E-state index is 0.0966. The number of anilines is 1. The largest absolute Gasteiger partial charge is 0.497 e. The number of carbonyl (C=O) groups is 1. The second-order valence-electron chi connectivity index (χ2n) is 6.24. The second kappa shape index (κ2) is 9.10. The lowest BCUT2D eigenvalue weighted by Gasteiger charge is -2.17. The third-order valence-corrected chi connectivity index (χ3v) is 4.07. The van der Waals surface area contributed by atoms with Gasteiger partial charge < -0.3 is 24.4 Å². The van der Waals surface area contributed by atoms with E-state index in [1.54, 1.807) is 39.5 Å². The van der Waals surface area contributed by atoms with Crippen LogP contribution >= 0.6 is 0 Å². The predicted octanol–water partition coefficient (Wildman–Crippen LogP) is 1.67. The average molecular weight is 359 g/mol. The summed E-state index contributed by atoms with van der Waals surface area (Å²) in [7, 11) is 6.79. The van der Waals surface area contributed by atoms with Crippen molar-refractivity contribution < 1.29 is 23.9 Å². The van der Waals surface area contributed by atoms with E-state index in [-0.39, 0.29) is 5.91 Å². The third kappa shape index (κ3) is 5.13. The van der Waals surface area contributed by atoms with Crippen LogP contribution in [-0.2, 0) is 11.3 Å². The molecule has 0 saturated carbocycles. The summed E-state index contributed by atoms with van der Waals surface area (Å²) in [6.07, 6.45) is 0. The first kappa shape index (κ1) is 19.6. The van der Waals surface area contributed by atoms with Gasteiger partial charge in [0.05, 0.1) is 34.1 Å². The van der Waals surface area contributed by atoms with E-state index >= 15 is 0 Å². The SMILES string of the molecule is COc1ccc(OC)c(NC(=O)C[NH+](C)Cc2cc(C)ccc2OC)c1. The highest BCUT2D eigenvalue weighted by atomic mass is 16.5. The Morgan fingerprint density at radius 3 is 2.35 bits per heavy atom. The Bertz CT molecular complexity index is 761. The van der Waals surface area contributed by atoms with Crippen LogP contribution in [0.4, 0.5) is 5.69 Å². The molecule has 0 radical (unpaired) electrons. The van der Waals surface area contributed by atoms with Gasteiger partial charge in [0, 0.05) is 11.6 Å². The Hall–Kier alpha value is -2.73. The number of benzene rings is 2. The number of amides is 1. The Labute approximate surface area is 154 Å². The molecule has 0 spiro atoms. The molecule has 1 atom stereocenters. The van der Waals surface area contributed by atoms with E-state index in [1.165, 1.54) is 5.56 Å². The molecular weight excluding hydrogens is 332 g/mol. The van der Waals surface area contributed by atoms with Crippen LogP contribution in [0.15, 0.2) is 36.4 Å². The van der Waals surface area contributed by atoms with Crippen LogP contribution in [0.3, 0.4) is 0 Å². The molecule has 0 aliphatic rings. The van der Waals surface area contributed by atoms with Gasteiger partial charge in [-0.2, -0.15) is 0 Å². The number of hydrogen-bond donors (Lipinski definition) is 2. The minimum Gasteiger partial charge on any atom is -0.497 e. The first-order valence-corrected chi connectivity index (χ1v) is 8.43. The first-order chi connectivity index (χ1) is 12.5. The van der Waals surface area contributed by atoms with Gasteiger partial charge in [-0.3, -0.25) is 4.79 Å². The molecule has 0 saturated heterocycles. The Morgan fingerprint density at radius 1 is 1.00 bits per heavy atom. The lowest BCUT2D eigenvalue weighted by atomic mass is 10.1. The molecule has 6 heteroatoms. The maximum absolute atomic E-state index is 12.4. The molecule has 2 aromatic carbocycles. The Morgan fingerprint density at radius 2 is 1.69 bits per heavy atom. The lowest BCUT2D eigenvalue weighted by Crippen LogP contribution is -3.08. The third-order valence-electron chi connectivity index (χ3n) is 4.07. The molecule has 2 N–H and O–H groups in total. The van der Waals surface area contributed by atoms with E-state index < -0.39 is 0 Å². The van der Waals surface area contributed by atoms with E-state index in [1.807, 2.05) is 26.1 Å². The number of likely N-dealkylation sites (N-methyl/N-ethyl adjacent to an activating group) is 1. The van der Waals surface area contributed by atoms with Crippen molar-refractivity contribution in [2.45, 2.75) is 13.5 Å². The molecule has 2 rings (SSSR count). The van der Waals surface area contributed by atoms with Gasteiger partial charge in [-0.05, 0) is 31.2 Å². The highest BCUT2D eigenvalue weighted by molar-refractivity contribution is 5.93. The van der Waals surface area contributed by atoms with E-state index in [9.17, 15) is 4.79 Å². The molecule has 2 aromatic rings.